The molecule has 3 aliphatic heterocycles. The fourth-order valence-electron chi connectivity index (χ4n) is 7.06. The van der Waals surface area contributed by atoms with Gasteiger partial charge in [-0.25, -0.2) is 48.4 Å². The van der Waals surface area contributed by atoms with Crippen molar-refractivity contribution in [3.63, 3.8) is 0 Å². The molecule has 0 radical (unpaired) electrons. The van der Waals surface area contributed by atoms with Crippen LogP contribution < -0.4 is 16.0 Å². The molecule has 0 aromatic carbocycles. The molecule has 358 valence electrons. The zero-order valence-electron chi connectivity index (χ0n) is 33.1. The highest BCUT2D eigenvalue weighted by molar-refractivity contribution is 7.61. The highest BCUT2D eigenvalue weighted by Gasteiger charge is 2.51. The number of imidazole rings is 2. The van der Waals surface area contributed by atoms with Crippen molar-refractivity contribution in [3.05, 3.63) is 55.4 Å². The quantitative estimate of drug-likeness (QED) is 0.0333. The molecular weight excluding hydrogens is 955 g/mol. The predicted octanol–water partition coefficient (Wildman–Crippen LogP) is -3.80. The molecule has 66 heavy (non-hydrogen) atoms. The van der Waals surface area contributed by atoms with E-state index >= 15 is 0 Å². The highest BCUT2D eigenvalue weighted by atomic mass is 31.3. The number of anilines is 2. The molecular formula is C31H39N11O21P3+. The van der Waals surface area contributed by atoms with Crippen molar-refractivity contribution in [3.8, 4) is 0 Å². The van der Waals surface area contributed by atoms with Gasteiger partial charge in [0.25, 0.3) is 6.23 Å². The highest BCUT2D eigenvalue weighted by Crippen LogP contribution is 2.61. The first kappa shape index (κ1) is 47.8. The smallest absolute Gasteiger partial charge is 0.387 e. The summed E-state index contributed by atoms with van der Waals surface area (Å²) in [7, 11) is -16.3. The van der Waals surface area contributed by atoms with Crippen LogP contribution in [0.2, 0.25) is 0 Å². The number of carbonyl (C=O) groups is 1. The first-order chi connectivity index (χ1) is 31.1. The summed E-state index contributed by atoms with van der Waals surface area (Å²) < 4.78 is 81.7. The molecule has 15 atom stereocenters. The summed E-state index contributed by atoms with van der Waals surface area (Å²) in [4.78, 5) is 67.5. The monoisotopic (exact) mass is 994 g/mol. The largest absolute Gasteiger partial charge is 0.529 e. The first-order valence-corrected chi connectivity index (χ1v) is 23.4. The van der Waals surface area contributed by atoms with E-state index in [9.17, 15) is 63.8 Å². The molecule has 0 bridgehead atoms. The van der Waals surface area contributed by atoms with E-state index < -0.39 is 128 Å². The number of aliphatic hydroxyl groups excluding tert-OH is 6. The molecule has 5 aromatic rings. The van der Waals surface area contributed by atoms with E-state index in [1.54, 1.807) is 0 Å². The Labute approximate surface area is 367 Å². The summed E-state index contributed by atoms with van der Waals surface area (Å²) in [5.74, 6) is -1.39. The van der Waals surface area contributed by atoms with Crippen molar-refractivity contribution < 1.29 is 105 Å². The summed E-state index contributed by atoms with van der Waals surface area (Å²) in [6.07, 6.45) is -12.2. The van der Waals surface area contributed by atoms with Crippen LogP contribution in [0, 0.1) is 0 Å². The van der Waals surface area contributed by atoms with Crippen LogP contribution in [-0.2, 0) is 50.3 Å². The molecule has 13 N–H and O–H groups in total. The topological polar surface area (TPSA) is 467 Å². The lowest BCUT2D eigenvalue weighted by Crippen LogP contribution is -2.46. The van der Waals surface area contributed by atoms with E-state index in [-0.39, 0.29) is 34.0 Å². The number of nitrogens with zero attached hydrogens (tertiary/aromatic N) is 9. The number of aromatic nitrogens is 9. The Morgan fingerprint density at radius 3 is 1.61 bits per heavy atom. The molecule has 15 unspecified atom stereocenters. The third-order valence-corrected chi connectivity index (χ3v) is 13.8. The van der Waals surface area contributed by atoms with Crippen LogP contribution in [0.3, 0.4) is 0 Å². The lowest BCUT2D eigenvalue weighted by atomic mass is 10.1. The molecule has 5 aromatic heterocycles. The maximum atomic E-state index is 13.0. The van der Waals surface area contributed by atoms with E-state index in [4.69, 9.17) is 39.2 Å². The van der Waals surface area contributed by atoms with Gasteiger partial charge in [-0.1, -0.05) is 0 Å². The maximum absolute atomic E-state index is 13.0. The number of nitrogens with two attached hydrogens (primary N) is 2. The Morgan fingerprint density at radius 2 is 1.11 bits per heavy atom. The summed E-state index contributed by atoms with van der Waals surface area (Å²) in [6, 6.07) is 2.33. The Balaban J connectivity index is 0.818. The van der Waals surface area contributed by atoms with Crippen molar-refractivity contribution in [2.24, 2.45) is 0 Å². The molecule has 0 spiro atoms. The Hall–Kier alpha value is -4.63. The molecule has 8 heterocycles. The fourth-order valence-corrected chi connectivity index (χ4v) is 9.85. The van der Waals surface area contributed by atoms with Crippen LogP contribution in [0.5, 0.6) is 0 Å². The van der Waals surface area contributed by atoms with Crippen molar-refractivity contribution in [2.45, 2.75) is 73.6 Å². The van der Waals surface area contributed by atoms with Gasteiger partial charge in [-0.3, -0.25) is 27.6 Å². The Morgan fingerprint density at radius 1 is 0.652 bits per heavy atom. The van der Waals surface area contributed by atoms with Gasteiger partial charge < -0.3 is 70.6 Å². The third kappa shape index (κ3) is 9.70. The normalized spacial score (nSPS) is 31.8. The second-order valence-electron chi connectivity index (χ2n) is 14.6. The van der Waals surface area contributed by atoms with E-state index in [0.717, 1.165) is 29.5 Å². The lowest BCUT2D eigenvalue weighted by molar-refractivity contribution is -0.765. The molecule has 0 aliphatic carbocycles. The number of carbonyl (C=O) groups excluding carboxylic acids is 1. The number of hydrogen-bond donors (Lipinski definition) is 11. The number of fused-ring (bicyclic) bond motifs is 2. The number of pyridine rings is 1. The second-order valence-corrected chi connectivity index (χ2v) is 19.0. The van der Waals surface area contributed by atoms with Crippen LogP contribution in [0.1, 0.15) is 29.0 Å². The Bertz CT molecular complexity index is 2750. The SMILES string of the molecule is Nc1ncnc2c1ncn2C1OC(COP(=O)(O)OC(=O)c2ccc[n+](C3OC(COP(=O)(O)OP(=O)(O)OCC4OC(n5cnc6c(N)ncnc65)C(O)C4O)C(O)C3O)c2)C(O)C1O. The van der Waals surface area contributed by atoms with Gasteiger partial charge in [-0.05, 0) is 6.07 Å². The average Bonchev–Trinajstić information content (AvgIpc) is 4.07. The average molecular weight is 995 g/mol. The van der Waals surface area contributed by atoms with Crippen molar-refractivity contribution in [1.82, 2.24) is 39.0 Å². The zero-order chi connectivity index (χ0) is 47.5. The molecule has 8 rings (SSSR count). The minimum Gasteiger partial charge on any atom is -0.387 e. The third-order valence-electron chi connectivity index (χ3n) is 10.3. The molecule has 0 amide bonds. The van der Waals surface area contributed by atoms with Gasteiger partial charge in [0.1, 0.15) is 78.1 Å². The van der Waals surface area contributed by atoms with Crippen LogP contribution in [0.4, 0.5) is 11.6 Å². The van der Waals surface area contributed by atoms with Gasteiger partial charge >= 0.3 is 29.4 Å². The van der Waals surface area contributed by atoms with Gasteiger partial charge in [0.15, 0.2) is 53.9 Å². The molecule has 32 nitrogen and oxygen atoms in total. The van der Waals surface area contributed by atoms with Gasteiger partial charge in [-0.2, -0.15) is 8.88 Å². The number of aliphatic hydroxyl groups is 6. The van der Waals surface area contributed by atoms with Gasteiger partial charge in [0, 0.05) is 6.07 Å². The second kappa shape index (κ2) is 18.5. The van der Waals surface area contributed by atoms with E-state index in [1.165, 1.54) is 34.1 Å². The van der Waals surface area contributed by atoms with Gasteiger partial charge in [0.05, 0.1) is 32.5 Å². The number of ether oxygens (including phenoxy) is 3. The summed E-state index contributed by atoms with van der Waals surface area (Å²) in [5, 5.41) is 63.8. The molecule has 3 fully saturated rings. The number of nitrogen functional groups attached to an aromatic ring is 2. The Kier molecular flexibility index (Phi) is 13.4. The van der Waals surface area contributed by atoms with Crippen LogP contribution >= 0.6 is 23.5 Å². The lowest BCUT2D eigenvalue weighted by Gasteiger charge is -2.20. The molecule has 3 saturated heterocycles. The van der Waals surface area contributed by atoms with E-state index in [2.05, 4.69) is 38.7 Å². The van der Waals surface area contributed by atoms with Crippen LogP contribution in [0.15, 0.2) is 49.8 Å². The minimum atomic E-state index is -5.54. The summed E-state index contributed by atoms with van der Waals surface area (Å²) in [5.41, 5.74) is 11.7. The van der Waals surface area contributed by atoms with E-state index in [1.807, 2.05) is 0 Å². The van der Waals surface area contributed by atoms with Crippen LogP contribution in [0.25, 0.3) is 22.3 Å². The predicted molar refractivity (Wildman–Crippen MR) is 208 cm³/mol. The maximum Gasteiger partial charge on any atom is 0.529 e. The molecule has 35 heteroatoms. The zero-order valence-corrected chi connectivity index (χ0v) is 35.8. The number of hydrogen-bond acceptors (Lipinski definition) is 26. The summed E-state index contributed by atoms with van der Waals surface area (Å²) in [6.45, 7) is -2.89. The number of rotatable bonds is 16. The van der Waals surface area contributed by atoms with Crippen LogP contribution in [-0.4, -0.2) is 165 Å². The molecule has 3 aliphatic rings. The van der Waals surface area contributed by atoms with Crippen molar-refractivity contribution in [1.29, 1.82) is 0 Å². The molecule has 0 saturated carbocycles. The van der Waals surface area contributed by atoms with Gasteiger partial charge in [0.2, 0.25) is 0 Å². The van der Waals surface area contributed by atoms with E-state index in [0.29, 0.717) is 0 Å². The van der Waals surface area contributed by atoms with Crippen molar-refractivity contribution >= 4 is 63.4 Å². The fraction of sp³-hybridized carbons (Fsp3) is 0.484. The number of phosphoric ester groups is 3. The minimum absolute atomic E-state index is 0.0149. The first-order valence-electron chi connectivity index (χ1n) is 18.9. The summed E-state index contributed by atoms with van der Waals surface area (Å²) >= 11 is 0. The number of phosphoric acid groups is 3. The van der Waals surface area contributed by atoms with Gasteiger partial charge in [-0.15, -0.1) is 0 Å². The van der Waals surface area contributed by atoms with Crippen molar-refractivity contribution in [2.75, 3.05) is 31.3 Å². The standard InChI is InChI=1S/C31H38N11O21P3/c32-24-16-26(36-8-34-24)41(10-38-16)29-22(47)19(44)14(60-29)5-56-64(50,51)62-31(49)12-2-1-3-40(4-12)28-21(46)18(43)13(59-28)6-57-65(52,53)63-66(54,55)58-7-15-20(45)23(48)30(61-15)42-11-39-17-25(33)35-9-37-27(17)42/h1-4,8-11,13-15,18-23,28-30,43-48H,5-7H2,(H6-,32,33,34,35,36,37,50,51,52,53,54,55)/p+1.